The third kappa shape index (κ3) is 3.50. The summed E-state index contributed by atoms with van der Waals surface area (Å²) in [4.78, 5) is 35.2. The molecule has 2 aromatic rings. The highest BCUT2D eigenvalue weighted by molar-refractivity contribution is 5.92. The Morgan fingerprint density at radius 2 is 2.00 bits per heavy atom. The van der Waals surface area contributed by atoms with Gasteiger partial charge in [-0.25, -0.2) is 4.68 Å². The molecule has 1 saturated carbocycles. The van der Waals surface area contributed by atoms with E-state index in [4.69, 9.17) is 5.11 Å². The summed E-state index contributed by atoms with van der Waals surface area (Å²) in [6.45, 7) is 0. The van der Waals surface area contributed by atoms with Crippen LogP contribution in [-0.4, -0.2) is 32.8 Å². The van der Waals surface area contributed by atoms with Gasteiger partial charge in [0, 0.05) is 12.1 Å². The van der Waals surface area contributed by atoms with Crippen LogP contribution in [0, 0.1) is 5.92 Å². The van der Waals surface area contributed by atoms with Gasteiger partial charge in [-0.15, -0.1) is 0 Å². The highest BCUT2D eigenvalue weighted by Gasteiger charge is 2.34. The number of nitrogens with one attached hydrogen (secondary N) is 2. The van der Waals surface area contributed by atoms with Crippen LogP contribution in [0.4, 0.5) is 0 Å². The third-order valence-electron chi connectivity index (χ3n) is 3.88. The van der Waals surface area contributed by atoms with Crippen LogP contribution in [0.25, 0.3) is 5.69 Å². The first-order valence-electron chi connectivity index (χ1n) is 7.45. The second kappa shape index (κ2) is 6.12. The van der Waals surface area contributed by atoms with E-state index < -0.39 is 17.9 Å². The first-order chi connectivity index (χ1) is 11.0. The third-order valence-corrected chi connectivity index (χ3v) is 3.88. The number of rotatable bonds is 6. The molecule has 1 amide bonds. The minimum atomic E-state index is -0.947. The number of carboxylic acid groups (broad SMARTS) is 1. The topological polar surface area (TPSA) is 104 Å². The molecular weight excluding hydrogens is 298 g/mol. The molecule has 1 heterocycles. The predicted molar refractivity (Wildman–Crippen MR) is 82.6 cm³/mol. The van der Waals surface area contributed by atoms with E-state index >= 15 is 0 Å². The zero-order valence-electron chi connectivity index (χ0n) is 12.4. The fourth-order valence-corrected chi connectivity index (χ4v) is 2.55. The van der Waals surface area contributed by atoms with Gasteiger partial charge in [0.25, 0.3) is 11.5 Å². The zero-order chi connectivity index (χ0) is 16.4. The summed E-state index contributed by atoms with van der Waals surface area (Å²) in [5, 5.41) is 14.4. The van der Waals surface area contributed by atoms with E-state index in [1.807, 2.05) is 6.07 Å². The fourth-order valence-electron chi connectivity index (χ4n) is 2.55. The molecule has 1 aliphatic rings. The summed E-state index contributed by atoms with van der Waals surface area (Å²) < 4.78 is 1.28. The summed E-state index contributed by atoms with van der Waals surface area (Å²) in [6, 6.07) is 9.72. The second-order valence-corrected chi connectivity index (χ2v) is 5.69. The van der Waals surface area contributed by atoms with Gasteiger partial charge in [0.15, 0.2) is 0 Å². The number of aromatic amines is 1. The quantitative estimate of drug-likeness (QED) is 0.743. The number of aliphatic carboxylic acids is 1. The Labute approximate surface area is 131 Å². The van der Waals surface area contributed by atoms with Crippen molar-refractivity contribution in [1.29, 1.82) is 0 Å². The summed E-state index contributed by atoms with van der Waals surface area (Å²) in [6.07, 6.45) is 1.72. The molecule has 23 heavy (non-hydrogen) atoms. The maximum Gasteiger partial charge on any atom is 0.305 e. The van der Waals surface area contributed by atoms with E-state index in [1.54, 1.807) is 24.3 Å². The molecule has 0 saturated heterocycles. The van der Waals surface area contributed by atoms with E-state index in [0.717, 1.165) is 12.8 Å². The van der Waals surface area contributed by atoms with Crippen LogP contribution >= 0.6 is 0 Å². The van der Waals surface area contributed by atoms with E-state index in [-0.39, 0.29) is 23.6 Å². The number of aromatic nitrogens is 2. The van der Waals surface area contributed by atoms with Crippen LogP contribution in [-0.2, 0) is 4.79 Å². The van der Waals surface area contributed by atoms with Gasteiger partial charge in [-0.3, -0.25) is 19.5 Å². The number of amides is 1. The molecule has 3 N–H and O–H groups in total. The highest BCUT2D eigenvalue weighted by atomic mass is 16.4. The van der Waals surface area contributed by atoms with Crippen molar-refractivity contribution in [2.75, 3.05) is 0 Å². The standard InChI is InChI=1S/C16H17N3O4/c20-14-8-13(18-19(14)11-4-2-1-3-5-11)16(23)17-12(9-15(21)22)10-6-7-10/h1-5,8,10,12,18H,6-7,9H2,(H,17,23)(H,21,22). The van der Waals surface area contributed by atoms with E-state index in [2.05, 4.69) is 10.4 Å². The van der Waals surface area contributed by atoms with Crippen molar-refractivity contribution >= 4 is 11.9 Å². The zero-order valence-corrected chi connectivity index (χ0v) is 12.4. The number of hydrogen-bond donors (Lipinski definition) is 3. The molecule has 0 aliphatic heterocycles. The molecule has 7 heteroatoms. The Morgan fingerprint density at radius 3 is 2.61 bits per heavy atom. The average molecular weight is 315 g/mol. The van der Waals surface area contributed by atoms with E-state index in [9.17, 15) is 14.4 Å². The molecular formula is C16H17N3O4. The van der Waals surface area contributed by atoms with Crippen LogP contribution in [0.15, 0.2) is 41.2 Å². The number of carboxylic acids is 1. The largest absolute Gasteiger partial charge is 0.481 e. The lowest BCUT2D eigenvalue weighted by atomic mass is 10.1. The summed E-state index contributed by atoms with van der Waals surface area (Å²) in [5.74, 6) is -1.20. The van der Waals surface area contributed by atoms with Gasteiger partial charge in [0.2, 0.25) is 0 Å². The molecule has 3 rings (SSSR count). The monoisotopic (exact) mass is 315 g/mol. The van der Waals surface area contributed by atoms with Gasteiger partial charge in [-0.05, 0) is 30.9 Å². The molecule has 1 aromatic carbocycles. The van der Waals surface area contributed by atoms with Crippen LogP contribution < -0.4 is 10.9 Å². The molecule has 1 unspecified atom stereocenters. The Morgan fingerprint density at radius 1 is 1.30 bits per heavy atom. The number of hydrogen-bond acceptors (Lipinski definition) is 3. The predicted octanol–water partition coefficient (Wildman–Crippen LogP) is 1.15. The minimum absolute atomic E-state index is 0.111. The molecule has 0 bridgehead atoms. The lowest BCUT2D eigenvalue weighted by Crippen LogP contribution is -2.38. The van der Waals surface area contributed by atoms with Crippen molar-refractivity contribution in [2.24, 2.45) is 5.92 Å². The summed E-state index contributed by atoms with van der Waals surface area (Å²) >= 11 is 0. The molecule has 120 valence electrons. The van der Waals surface area contributed by atoms with Gasteiger partial charge in [0.1, 0.15) is 5.69 Å². The number of carbonyl (C=O) groups excluding carboxylic acids is 1. The van der Waals surface area contributed by atoms with Gasteiger partial charge in [-0.1, -0.05) is 18.2 Å². The van der Waals surface area contributed by atoms with Crippen LogP contribution in [0.2, 0.25) is 0 Å². The summed E-state index contributed by atoms with van der Waals surface area (Å²) in [5.41, 5.74) is 0.401. The second-order valence-electron chi connectivity index (χ2n) is 5.69. The number of nitrogens with zero attached hydrogens (tertiary/aromatic N) is 1. The van der Waals surface area contributed by atoms with Crippen molar-refractivity contribution in [3.8, 4) is 5.69 Å². The SMILES string of the molecule is O=C(O)CC(NC(=O)c1cc(=O)n(-c2ccccc2)[nH]1)C1CC1. The smallest absolute Gasteiger partial charge is 0.305 e. The molecule has 0 spiro atoms. The number of carbonyl (C=O) groups is 2. The normalized spacial score (nSPS) is 15.1. The van der Waals surface area contributed by atoms with Crippen molar-refractivity contribution in [1.82, 2.24) is 15.1 Å². The van der Waals surface area contributed by atoms with Crippen LogP contribution in [0.3, 0.4) is 0 Å². The molecule has 7 nitrogen and oxygen atoms in total. The van der Waals surface area contributed by atoms with Crippen molar-refractivity contribution in [3.05, 3.63) is 52.4 Å². The van der Waals surface area contributed by atoms with Crippen LogP contribution in [0.1, 0.15) is 29.8 Å². The molecule has 0 radical (unpaired) electrons. The first-order valence-corrected chi connectivity index (χ1v) is 7.45. The highest BCUT2D eigenvalue weighted by Crippen LogP contribution is 2.34. The van der Waals surface area contributed by atoms with Gasteiger partial charge < -0.3 is 10.4 Å². The van der Waals surface area contributed by atoms with Gasteiger partial charge in [-0.2, -0.15) is 0 Å². The molecule has 1 aromatic heterocycles. The maximum absolute atomic E-state index is 12.3. The van der Waals surface area contributed by atoms with Crippen molar-refractivity contribution < 1.29 is 14.7 Å². The number of benzene rings is 1. The first kappa shape index (κ1) is 15.1. The Bertz CT molecular complexity index is 774. The molecule has 1 aliphatic carbocycles. The Hall–Kier alpha value is -2.83. The van der Waals surface area contributed by atoms with Crippen LogP contribution in [0.5, 0.6) is 0 Å². The lowest BCUT2D eigenvalue weighted by molar-refractivity contribution is -0.137. The van der Waals surface area contributed by atoms with Crippen molar-refractivity contribution in [2.45, 2.75) is 25.3 Å². The van der Waals surface area contributed by atoms with Gasteiger partial charge in [0.05, 0.1) is 12.1 Å². The van der Waals surface area contributed by atoms with Gasteiger partial charge >= 0.3 is 5.97 Å². The molecule has 1 atom stereocenters. The van der Waals surface area contributed by atoms with E-state index in [1.165, 1.54) is 10.7 Å². The Balaban J connectivity index is 1.78. The summed E-state index contributed by atoms with van der Waals surface area (Å²) in [7, 11) is 0. The molecule has 1 fully saturated rings. The number of H-pyrrole nitrogens is 1. The lowest BCUT2D eigenvalue weighted by Gasteiger charge is -2.15. The maximum atomic E-state index is 12.3. The average Bonchev–Trinajstić information content (AvgIpc) is 3.29. The minimum Gasteiger partial charge on any atom is -0.481 e. The number of para-hydroxylation sites is 1. The van der Waals surface area contributed by atoms with E-state index in [0.29, 0.717) is 5.69 Å². The van der Waals surface area contributed by atoms with Crippen molar-refractivity contribution in [3.63, 3.8) is 0 Å². The fraction of sp³-hybridized carbons (Fsp3) is 0.312. The Kier molecular flexibility index (Phi) is 4.01.